The highest BCUT2D eigenvalue weighted by Crippen LogP contribution is 2.40. The molecule has 1 heterocycles. The van der Waals surface area contributed by atoms with Crippen molar-refractivity contribution in [3.63, 3.8) is 0 Å². The van der Waals surface area contributed by atoms with Crippen LogP contribution in [0.5, 0.6) is 0 Å². The van der Waals surface area contributed by atoms with E-state index in [0.29, 0.717) is 18.9 Å². The molecule has 13 heavy (non-hydrogen) atoms. The third kappa shape index (κ3) is 1.41. The Bertz CT molecular complexity index is 260. The molecule has 0 radical (unpaired) electrons. The lowest BCUT2D eigenvalue weighted by molar-refractivity contribution is -0.131. The van der Waals surface area contributed by atoms with Gasteiger partial charge in [0.1, 0.15) is 5.54 Å². The Morgan fingerprint density at radius 3 is 2.69 bits per heavy atom. The summed E-state index contributed by atoms with van der Waals surface area (Å²) in [4.78, 5) is 22.9. The molecule has 4 heteroatoms. The average molecular weight is 182 g/mol. The first-order valence-electron chi connectivity index (χ1n) is 4.72. The molecule has 2 amide bonds. The Labute approximate surface area is 77.1 Å². The first kappa shape index (κ1) is 8.53. The minimum atomic E-state index is -0.645. The molecular weight excluding hydrogens is 168 g/mol. The van der Waals surface area contributed by atoms with Crippen molar-refractivity contribution in [3.8, 4) is 0 Å². The van der Waals surface area contributed by atoms with Gasteiger partial charge in [0.05, 0.1) is 0 Å². The van der Waals surface area contributed by atoms with E-state index in [1.807, 2.05) is 6.92 Å². The molecular formula is C9H14N2O2. The summed E-state index contributed by atoms with van der Waals surface area (Å²) in [5, 5.41) is 5.58. The highest BCUT2D eigenvalue weighted by atomic mass is 16.2. The Morgan fingerprint density at radius 1 is 1.38 bits per heavy atom. The van der Waals surface area contributed by atoms with E-state index in [0.717, 1.165) is 12.8 Å². The maximum Gasteiger partial charge on any atom is 0.245 e. The fourth-order valence-electron chi connectivity index (χ4n) is 1.83. The van der Waals surface area contributed by atoms with Crippen LogP contribution in [0.2, 0.25) is 0 Å². The number of nitrogens with one attached hydrogen (secondary N) is 2. The van der Waals surface area contributed by atoms with Crippen LogP contribution < -0.4 is 10.6 Å². The summed E-state index contributed by atoms with van der Waals surface area (Å²) >= 11 is 0. The zero-order chi connectivity index (χ0) is 9.47. The van der Waals surface area contributed by atoms with Crippen molar-refractivity contribution in [3.05, 3.63) is 0 Å². The number of hydrogen-bond donors (Lipinski definition) is 2. The average Bonchev–Trinajstić information content (AvgIpc) is 2.83. The van der Waals surface area contributed by atoms with Gasteiger partial charge in [-0.2, -0.15) is 0 Å². The molecule has 72 valence electrons. The molecule has 0 aromatic heterocycles. The third-order valence-electron chi connectivity index (χ3n) is 2.90. The van der Waals surface area contributed by atoms with E-state index < -0.39 is 5.54 Å². The summed E-state index contributed by atoms with van der Waals surface area (Å²) in [5.74, 6) is 0.295. The minimum absolute atomic E-state index is 0.0206. The summed E-state index contributed by atoms with van der Waals surface area (Å²) in [6, 6.07) is 0. The lowest BCUT2D eigenvalue weighted by Crippen LogP contribution is -2.55. The summed E-state index contributed by atoms with van der Waals surface area (Å²) < 4.78 is 0. The van der Waals surface area contributed by atoms with Crippen LogP contribution >= 0.6 is 0 Å². The molecule has 1 unspecified atom stereocenters. The van der Waals surface area contributed by atoms with E-state index in [1.54, 1.807) is 0 Å². The lowest BCUT2D eigenvalue weighted by atomic mass is 9.95. The zero-order valence-electron chi connectivity index (χ0n) is 7.72. The van der Waals surface area contributed by atoms with Gasteiger partial charge in [-0.1, -0.05) is 0 Å². The standard InChI is InChI=1S/C9H14N2O2/c1-9(6-2-3-6)8(13)10-5-4-7(12)11-9/h6H,2-5H2,1H3,(H,10,13)(H,11,12). The van der Waals surface area contributed by atoms with Crippen molar-refractivity contribution in [2.45, 2.75) is 31.7 Å². The molecule has 1 atom stereocenters. The van der Waals surface area contributed by atoms with Crippen molar-refractivity contribution < 1.29 is 9.59 Å². The second-order valence-electron chi connectivity index (χ2n) is 4.03. The molecule has 2 N–H and O–H groups in total. The van der Waals surface area contributed by atoms with Crippen LogP contribution in [-0.4, -0.2) is 23.9 Å². The fourth-order valence-corrected chi connectivity index (χ4v) is 1.83. The van der Waals surface area contributed by atoms with Crippen molar-refractivity contribution >= 4 is 11.8 Å². The summed E-state index contributed by atoms with van der Waals surface area (Å²) in [5.41, 5.74) is -0.645. The van der Waals surface area contributed by atoms with Crippen LogP contribution in [0.3, 0.4) is 0 Å². The normalized spacial score (nSPS) is 34.8. The van der Waals surface area contributed by atoms with E-state index in [9.17, 15) is 9.59 Å². The van der Waals surface area contributed by atoms with Gasteiger partial charge in [-0.15, -0.1) is 0 Å². The van der Waals surface area contributed by atoms with Gasteiger partial charge >= 0.3 is 0 Å². The molecule has 1 aliphatic heterocycles. The van der Waals surface area contributed by atoms with Gasteiger partial charge in [0.15, 0.2) is 0 Å². The molecule has 1 saturated carbocycles. The van der Waals surface area contributed by atoms with Gasteiger partial charge < -0.3 is 10.6 Å². The Kier molecular flexibility index (Phi) is 1.78. The van der Waals surface area contributed by atoms with E-state index in [2.05, 4.69) is 10.6 Å². The van der Waals surface area contributed by atoms with Crippen LogP contribution in [0.1, 0.15) is 26.2 Å². The Morgan fingerprint density at radius 2 is 2.08 bits per heavy atom. The van der Waals surface area contributed by atoms with Gasteiger partial charge in [0, 0.05) is 13.0 Å². The van der Waals surface area contributed by atoms with Crippen molar-refractivity contribution in [2.24, 2.45) is 5.92 Å². The monoisotopic (exact) mass is 182 g/mol. The van der Waals surface area contributed by atoms with Crippen LogP contribution in [0.15, 0.2) is 0 Å². The van der Waals surface area contributed by atoms with Crippen molar-refractivity contribution in [1.29, 1.82) is 0 Å². The Hall–Kier alpha value is -1.06. The second kappa shape index (κ2) is 2.72. The van der Waals surface area contributed by atoms with Crippen LogP contribution in [0, 0.1) is 5.92 Å². The number of carbonyl (C=O) groups excluding carboxylic acids is 2. The maximum absolute atomic E-state index is 11.6. The van der Waals surface area contributed by atoms with Gasteiger partial charge in [-0.3, -0.25) is 9.59 Å². The molecule has 4 nitrogen and oxygen atoms in total. The largest absolute Gasteiger partial charge is 0.354 e. The Balaban J connectivity index is 2.20. The molecule has 2 fully saturated rings. The quantitative estimate of drug-likeness (QED) is 0.589. The molecule has 0 bridgehead atoms. The highest BCUT2D eigenvalue weighted by Gasteiger charge is 2.48. The zero-order valence-corrected chi connectivity index (χ0v) is 7.72. The maximum atomic E-state index is 11.6. The van der Waals surface area contributed by atoms with Gasteiger partial charge in [0.25, 0.3) is 0 Å². The lowest BCUT2D eigenvalue weighted by Gasteiger charge is -2.26. The number of carbonyl (C=O) groups is 2. The number of rotatable bonds is 1. The predicted octanol–water partition coefficient (Wildman–Crippen LogP) is -0.209. The summed E-state index contributed by atoms with van der Waals surface area (Å²) in [6.45, 7) is 2.29. The first-order chi connectivity index (χ1) is 6.13. The molecule has 0 aromatic rings. The van der Waals surface area contributed by atoms with Crippen molar-refractivity contribution in [2.75, 3.05) is 6.54 Å². The van der Waals surface area contributed by atoms with Crippen molar-refractivity contribution in [1.82, 2.24) is 10.6 Å². The SMILES string of the molecule is CC1(C2CC2)NC(=O)CCNC1=O. The fraction of sp³-hybridized carbons (Fsp3) is 0.778. The van der Waals surface area contributed by atoms with E-state index in [1.165, 1.54) is 0 Å². The van der Waals surface area contributed by atoms with Gasteiger partial charge in [-0.25, -0.2) is 0 Å². The minimum Gasteiger partial charge on any atom is -0.354 e. The molecule has 1 saturated heterocycles. The highest BCUT2D eigenvalue weighted by molar-refractivity contribution is 5.93. The first-order valence-corrected chi connectivity index (χ1v) is 4.72. The summed E-state index contributed by atoms with van der Waals surface area (Å²) in [6.07, 6.45) is 2.49. The van der Waals surface area contributed by atoms with Crippen LogP contribution in [0.25, 0.3) is 0 Å². The molecule has 1 aliphatic carbocycles. The van der Waals surface area contributed by atoms with E-state index in [-0.39, 0.29) is 11.8 Å². The topological polar surface area (TPSA) is 58.2 Å². The molecule has 0 aromatic carbocycles. The third-order valence-corrected chi connectivity index (χ3v) is 2.90. The molecule has 2 aliphatic rings. The van der Waals surface area contributed by atoms with E-state index in [4.69, 9.17) is 0 Å². The predicted molar refractivity (Wildman–Crippen MR) is 46.9 cm³/mol. The van der Waals surface area contributed by atoms with Crippen LogP contribution in [-0.2, 0) is 9.59 Å². The smallest absolute Gasteiger partial charge is 0.245 e. The van der Waals surface area contributed by atoms with Gasteiger partial charge in [0.2, 0.25) is 11.8 Å². The van der Waals surface area contributed by atoms with Gasteiger partial charge in [-0.05, 0) is 25.7 Å². The number of amides is 2. The number of hydrogen-bond acceptors (Lipinski definition) is 2. The second-order valence-corrected chi connectivity index (χ2v) is 4.03. The summed E-state index contributed by atoms with van der Waals surface area (Å²) in [7, 11) is 0. The molecule has 2 rings (SSSR count). The van der Waals surface area contributed by atoms with E-state index >= 15 is 0 Å². The van der Waals surface area contributed by atoms with Crippen LogP contribution in [0.4, 0.5) is 0 Å². The molecule has 0 spiro atoms.